The van der Waals surface area contributed by atoms with Gasteiger partial charge in [-0.25, -0.2) is 9.59 Å². The first kappa shape index (κ1) is 17.4. The lowest BCUT2D eigenvalue weighted by Gasteiger charge is -2.16. The summed E-state index contributed by atoms with van der Waals surface area (Å²) >= 11 is 1.61. The molecule has 1 atom stereocenters. The summed E-state index contributed by atoms with van der Waals surface area (Å²) in [5.74, 6) is 0.337. The summed E-state index contributed by atoms with van der Waals surface area (Å²) in [6.07, 6.45) is 2.48. The molecule has 0 saturated heterocycles. The Hall–Kier alpha value is -1.69. The number of nitrogens with one attached hydrogen (secondary N) is 2. The fourth-order valence-corrected chi connectivity index (χ4v) is 2.47. The number of carbonyl (C=O) groups excluding carboxylic acids is 2. The van der Waals surface area contributed by atoms with E-state index < -0.39 is 18.0 Å². The van der Waals surface area contributed by atoms with Crippen LogP contribution in [0.15, 0.2) is 18.2 Å². The van der Waals surface area contributed by atoms with Crippen molar-refractivity contribution < 1.29 is 14.3 Å². The molecule has 21 heavy (non-hydrogen) atoms. The van der Waals surface area contributed by atoms with Crippen LogP contribution in [0.1, 0.15) is 17.5 Å². The van der Waals surface area contributed by atoms with Crippen LogP contribution in [-0.4, -0.2) is 37.2 Å². The third kappa shape index (κ3) is 6.08. The Morgan fingerprint density at radius 3 is 2.38 bits per heavy atom. The topological polar surface area (TPSA) is 67.4 Å². The maximum atomic E-state index is 12.0. The maximum absolute atomic E-state index is 12.0. The lowest BCUT2D eigenvalue weighted by molar-refractivity contribution is -0.142. The van der Waals surface area contributed by atoms with Gasteiger partial charge in [0.15, 0.2) is 0 Å². The Morgan fingerprint density at radius 2 is 1.86 bits per heavy atom. The van der Waals surface area contributed by atoms with Crippen molar-refractivity contribution in [2.75, 3.05) is 24.4 Å². The van der Waals surface area contributed by atoms with E-state index in [-0.39, 0.29) is 0 Å². The number of thioether (sulfide) groups is 1. The minimum Gasteiger partial charge on any atom is -0.467 e. The number of ether oxygens (including phenoxy) is 1. The van der Waals surface area contributed by atoms with E-state index in [1.165, 1.54) is 7.11 Å². The largest absolute Gasteiger partial charge is 0.467 e. The van der Waals surface area contributed by atoms with E-state index in [1.807, 2.05) is 38.3 Å². The van der Waals surface area contributed by atoms with Crippen LogP contribution in [0, 0.1) is 13.8 Å². The SMILES string of the molecule is COC(=O)[C@H](CCSC)NC(=O)Nc1cc(C)cc(C)c1. The molecule has 1 rings (SSSR count). The molecule has 0 spiro atoms. The first-order chi connectivity index (χ1) is 9.96. The normalized spacial score (nSPS) is 11.6. The molecule has 1 aromatic carbocycles. The molecule has 0 radical (unpaired) electrons. The van der Waals surface area contributed by atoms with Crippen molar-refractivity contribution >= 4 is 29.4 Å². The molecule has 1 aromatic rings. The number of benzene rings is 1. The van der Waals surface area contributed by atoms with Gasteiger partial charge in [0.2, 0.25) is 0 Å². The van der Waals surface area contributed by atoms with Crippen LogP contribution >= 0.6 is 11.8 Å². The fraction of sp³-hybridized carbons (Fsp3) is 0.467. The zero-order chi connectivity index (χ0) is 15.8. The van der Waals surface area contributed by atoms with Crippen LogP contribution in [-0.2, 0) is 9.53 Å². The van der Waals surface area contributed by atoms with E-state index in [0.29, 0.717) is 12.1 Å². The molecular formula is C15H22N2O3S. The van der Waals surface area contributed by atoms with Gasteiger partial charge in [-0.2, -0.15) is 11.8 Å². The van der Waals surface area contributed by atoms with Crippen LogP contribution in [0.4, 0.5) is 10.5 Å². The highest BCUT2D eigenvalue weighted by atomic mass is 32.2. The van der Waals surface area contributed by atoms with Crippen LogP contribution in [0.3, 0.4) is 0 Å². The van der Waals surface area contributed by atoms with Crippen molar-refractivity contribution in [1.82, 2.24) is 5.32 Å². The lowest BCUT2D eigenvalue weighted by atomic mass is 10.1. The zero-order valence-electron chi connectivity index (χ0n) is 12.9. The van der Waals surface area contributed by atoms with Gasteiger partial charge in [0.1, 0.15) is 6.04 Å². The predicted octanol–water partition coefficient (Wildman–Crippen LogP) is 2.72. The van der Waals surface area contributed by atoms with Gasteiger partial charge >= 0.3 is 12.0 Å². The van der Waals surface area contributed by atoms with Crippen LogP contribution in [0.2, 0.25) is 0 Å². The predicted molar refractivity (Wildman–Crippen MR) is 86.9 cm³/mol. The van der Waals surface area contributed by atoms with E-state index in [1.54, 1.807) is 11.8 Å². The van der Waals surface area contributed by atoms with E-state index in [0.717, 1.165) is 16.9 Å². The number of aryl methyl sites for hydroxylation is 2. The molecule has 5 nitrogen and oxygen atoms in total. The molecule has 0 bridgehead atoms. The van der Waals surface area contributed by atoms with Gasteiger partial charge in [-0.15, -0.1) is 0 Å². The molecule has 0 unspecified atom stereocenters. The highest BCUT2D eigenvalue weighted by Crippen LogP contribution is 2.13. The minimum atomic E-state index is -0.631. The van der Waals surface area contributed by atoms with Gasteiger partial charge in [0, 0.05) is 5.69 Å². The van der Waals surface area contributed by atoms with E-state index in [4.69, 9.17) is 4.74 Å². The van der Waals surface area contributed by atoms with Crippen molar-refractivity contribution in [2.24, 2.45) is 0 Å². The second kappa shape index (κ2) is 8.56. The summed E-state index contributed by atoms with van der Waals surface area (Å²) in [6, 6.07) is 4.74. The highest BCUT2D eigenvalue weighted by molar-refractivity contribution is 7.98. The summed E-state index contributed by atoms with van der Waals surface area (Å²) in [6.45, 7) is 3.93. The first-order valence-corrected chi connectivity index (χ1v) is 8.08. The van der Waals surface area contributed by atoms with Gasteiger partial charge in [0.25, 0.3) is 0 Å². The average Bonchev–Trinajstić information content (AvgIpc) is 2.41. The van der Waals surface area contributed by atoms with Crippen molar-refractivity contribution in [3.05, 3.63) is 29.3 Å². The van der Waals surface area contributed by atoms with Crippen molar-refractivity contribution in [3.8, 4) is 0 Å². The summed E-state index contributed by atoms with van der Waals surface area (Å²) in [5, 5.41) is 5.40. The molecule has 0 saturated carbocycles. The molecule has 0 heterocycles. The Kier molecular flexibility index (Phi) is 7.08. The highest BCUT2D eigenvalue weighted by Gasteiger charge is 2.20. The average molecular weight is 310 g/mol. The number of urea groups is 1. The molecule has 0 aliphatic rings. The fourth-order valence-electron chi connectivity index (χ4n) is 2.00. The van der Waals surface area contributed by atoms with E-state index >= 15 is 0 Å². The third-order valence-electron chi connectivity index (χ3n) is 2.88. The van der Waals surface area contributed by atoms with Gasteiger partial charge < -0.3 is 15.4 Å². The van der Waals surface area contributed by atoms with Gasteiger partial charge in [-0.3, -0.25) is 0 Å². The van der Waals surface area contributed by atoms with Gasteiger partial charge in [0.05, 0.1) is 7.11 Å². The smallest absolute Gasteiger partial charge is 0.328 e. The summed E-state index contributed by atoms with van der Waals surface area (Å²) < 4.78 is 4.71. The Labute approximate surface area is 129 Å². The molecule has 116 valence electrons. The number of carbonyl (C=O) groups is 2. The van der Waals surface area contributed by atoms with E-state index in [9.17, 15) is 9.59 Å². The third-order valence-corrected chi connectivity index (χ3v) is 3.53. The quantitative estimate of drug-likeness (QED) is 0.793. The Morgan fingerprint density at radius 1 is 1.24 bits per heavy atom. The summed E-state index contributed by atoms with van der Waals surface area (Å²) in [5.41, 5.74) is 2.84. The standard InChI is InChI=1S/C15H22N2O3S/c1-10-7-11(2)9-12(8-10)16-15(19)17-13(5-6-21-4)14(18)20-3/h7-9,13H,5-6H2,1-4H3,(H2,16,17,19)/t13-/m0/s1. The molecule has 0 aliphatic carbocycles. The van der Waals surface area contributed by atoms with Gasteiger partial charge in [-0.1, -0.05) is 6.07 Å². The summed E-state index contributed by atoms with van der Waals surface area (Å²) in [4.78, 5) is 23.6. The number of hydrogen-bond acceptors (Lipinski definition) is 4. The number of methoxy groups -OCH3 is 1. The minimum absolute atomic E-state index is 0.406. The number of hydrogen-bond donors (Lipinski definition) is 2. The molecule has 2 amide bonds. The molecule has 0 fully saturated rings. The van der Waals surface area contributed by atoms with Crippen molar-refractivity contribution in [3.63, 3.8) is 0 Å². The maximum Gasteiger partial charge on any atom is 0.328 e. The van der Waals surface area contributed by atoms with Gasteiger partial charge in [-0.05, 0) is 55.5 Å². The second-order valence-electron chi connectivity index (χ2n) is 4.83. The monoisotopic (exact) mass is 310 g/mol. The number of esters is 1. The van der Waals surface area contributed by atoms with Crippen molar-refractivity contribution in [1.29, 1.82) is 0 Å². The van der Waals surface area contributed by atoms with Crippen LogP contribution in [0.25, 0.3) is 0 Å². The second-order valence-corrected chi connectivity index (χ2v) is 5.82. The number of amides is 2. The van der Waals surface area contributed by atoms with Crippen LogP contribution in [0.5, 0.6) is 0 Å². The van der Waals surface area contributed by atoms with Crippen molar-refractivity contribution in [2.45, 2.75) is 26.3 Å². The molecule has 0 aromatic heterocycles. The van der Waals surface area contributed by atoms with Crippen LogP contribution < -0.4 is 10.6 Å². The molecule has 2 N–H and O–H groups in total. The summed E-state index contributed by atoms with van der Waals surface area (Å²) in [7, 11) is 1.32. The van der Waals surface area contributed by atoms with E-state index in [2.05, 4.69) is 10.6 Å². The number of anilines is 1. The Balaban J connectivity index is 2.66. The Bertz CT molecular complexity index is 485. The molecular weight excluding hydrogens is 288 g/mol. The number of rotatable bonds is 6. The zero-order valence-corrected chi connectivity index (χ0v) is 13.7. The molecule has 6 heteroatoms. The first-order valence-electron chi connectivity index (χ1n) is 6.69. The molecule has 0 aliphatic heterocycles. The lowest BCUT2D eigenvalue weighted by Crippen LogP contribution is -2.44.